The van der Waals surface area contributed by atoms with Gasteiger partial charge in [0.05, 0.1) is 43.5 Å². The van der Waals surface area contributed by atoms with E-state index in [9.17, 15) is 13.2 Å². The van der Waals surface area contributed by atoms with E-state index in [0.717, 1.165) is 11.8 Å². The first-order chi connectivity index (χ1) is 14.9. The number of ether oxygens (including phenoxy) is 1. The maximum absolute atomic E-state index is 13.2. The fourth-order valence-electron chi connectivity index (χ4n) is 3.88. The lowest BCUT2D eigenvalue weighted by atomic mass is 9.97. The van der Waals surface area contributed by atoms with Crippen molar-refractivity contribution < 1.29 is 17.9 Å². The highest BCUT2D eigenvalue weighted by Crippen LogP contribution is 2.34. The summed E-state index contributed by atoms with van der Waals surface area (Å²) in [5.41, 5.74) is 2.80. The molecule has 1 unspecified atom stereocenters. The molecule has 0 bridgehead atoms. The number of hydrogen-bond donors (Lipinski definition) is 1. The van der Waals surface area contributed by atoms with E-state index in [2.05, 4.69) is 14.7 Å². The number of rotatable bonds is 6. The molecule has 1 fully saturated rings. The lowest BCUT2D eigenvalue weighted by Crippen LogP contribution is -2.43. The van der Waals surface area contributed by atoms with E-state index in [4.69, 9.17) is 4.74 Å². The van der Waals surface area contributed by atoms with Gasteiger partial charge in [-0.25, -0.2) is 13.4 Å². The van der Waals surface area contributed by atoms with Crippen LogP contribution >= 0.6 is 0 Å². The van der Waals surface area contributed by atoms with Crippen molar-refractivity contribution in [3.63, 3.8) is 0 Å². The van der Waals surface area contributed by atoms with Crippen LogP contribution in [0.5, 0.6) is 0 Å². The number of nitrogens with zero attached hydrogens (tertiary/aromatic N) is 3. The van der Waals surface area contributed by atoms with Crippen LogP contribution in [0.15, 0.2) is 59.7 Å². The first-order valence-corrected chi connectivity index (χ1v) is 12.1. The third-order valence-electron chi connectivity index (χ3n) is 5.35. The first kappa shape index (κ1) is 21.5. The summed E-state index contributed by atoms with van der Waals surface area (Å²) in [4.78, 5) is 15.3. The van der Waals surface area contributed by atoms with Gasteiger partial charge < -0.3 is 4.74 Å². The Kier molecular flexibility index (Phi) is 6.35. The number of nitrogens with one attached hydrogen (secondary N) is 1. The molecule has 0 saturated carbocycles. The highest BCUT2D eigenvalue weighted by atomic mass is 32.2. The summed E-state index contributed by atoms with van der Waals surface area (Å²) in [5.74, 6) is -0.0840. The van der Waals surface area contributed by atoms with Crippen molar-refractivity contribution in [3.05, 3.63) is 65.7 Å². The number of hydrazone groups is 1. The van der Waals surface area contributed by atoms with Crippen LogP contribution in [0.3, 0.4) is 0 Å². The number of amides is 1. The lowest BCUT2D eigenvalue weighted by molar-refractivity contribution is -0.135. The average Bonchev–Trinajstić information content (AvgIpc) is 3.20. The Balaban J connectivity index is 1.65. The Bertz CT molecular complexity index is 1070. The standard InChI is InChI=1S/C22H26N4O4S/c1-31(28,29)24-19-10-6-5-9-18(19)20-15-21(17-7-3-2-4-8-17)26(23-20)22(27)16-25-11-13-30-14-12-25/h2-10,21,24H,11-16H2,1H3. The monoisotopic (exact) mass is 442 g/mol. The second-order valence-electron chi connectivity index (χ2n) is 7.72. The fraction of sp³-hybridized carbons (Fsp3) is 0.364. The Morgan fingerprint density at radius 3 is 2.48 bits per heavy atom. The Morgan fingerprint density at radius 1 is 1.10 bits per heavy atom. The zero-order chi connectivity index (χ0) is 21.8. The predicted molar refractivity (Wildman–Crippen MR) is 119 cm³/mol. The lowest BCUT2D eigenvalue weighted by Gasteiger charge is -2.29. The van der Waals surface area contributed by atoms with Crippen molar-refractivity contribution in [2.24, 2.45) is 5.10 Å². The van der Waals surface area contributed by atoms with Crippen molar-refractivity contribution in [1.29, 1.82) is 0 Å². The Hall–Kier alpha value is -2.75. The van der Waals surface area contributed by atoms with E-state index < -0.39 is 10.0 Å². The molecule has 0 aliphatic carbocycles. The third-order valence-corrected chi connectivity index (χ3v) is 5.94. The molecule has 2 aliphatic rings. The number of carbonyl (C=O) groups excluding carboxylic acids is 1. The van der Waals surface area contributed by atoms with Crippen molar-refractivity contribution >= 4 is 27.3 Å². The molecule has 1 saturated heterocycles. The van der Waals surface area contributed by atoms with E-state index in [0.29, 0.717) is 49.7 Å². The van der Waals surface area contributed by atoms with Gasteiger partial charge >= 0.3 is 0 Å². The first-order valence-electron chi connectivity index (χ1n) is 10.2. The second kappa shape index (κ2) is 9.17. The van der Waals surface area contributed by atoms with Gasteiger partial charge in [-0.1, -0.05) is 48.5 Å². The molecule has 31 heavy (non-hydrogen) atoms. The average molecular weight is 443 g/mol. The SMILES string of the molecule is CS(=O)(=O)Nc1ccccc1C1=NN(C(=O)CN2CCOCC2)C(c2ccccc2)C1. The van der Waals surface area contributed by atoms with Crippen LogP contribution in [0, 0.1) is 0 Å². The largest absolute Gasteiger partial charge is 0.379 e. The second-order valence-corrected chi connectivity index (χ2v) is 9.47. The van der Waals surface area contributed by atoms with E-state index in [-0.39, 0.29) is 18.5 Å². The summed E-state index contributed by atoms with van der Waals surface area (Å²) >= 11 is 0. The molecule has 1 atom stereocenters. The molecule has 9 heteroatoms. The van der Waals surface area contributed by atoms with Crippen LogP contribution < -0.4 is 4.72 Å². The minimum atomic E-state index is -3.45. The quantitative estimate of drug-likeness (QED) is 0.740. The molecule has 164 valence electrons. The predicted octanol–water partition coefficient (Wildman–Crippen LogP) is 2.07. The van der Waals surface area contributed by atoms with Gasteiger partial charge in [-0.05, 0) is 11.6 Å². The van der Waals surface area contributed by atoms with Crippen molar-refractivity contribution in [3.8, 4) is 0 Å². The smallest absolute Gasteiger partial charge is 0.257 e. The number of sulfonamides is 1. The van der Waals surface area contributed by atoms with E-state index >= 15 is 0 Å². The van der Waals surface area contributed by atoms with Crippen LogP contribution in [0.1, 0.15) is 23.6 Å². The molecule has 1 amide bonds. The highest BCUT2D eigenvalue weighted by molar-refractivity contribution is 7.92. The summed E-state index contributed by atoms with van der Waals surface area (Å²) < 4.78 is 31.6. The van der Waals surface area contributed by atoms with Gasteiger partial charge in [0.2, 0.25) is 10.0 Å². The zero-order valence-electron chi connectivity index (χ0n) is 17.4. The number of anilines is 1. The maximum Gasteiger partial charge on any atom is 0.257 e. The van der Waals surface area contributed by atoms with E-state index in [1.807, 2.05) is 42.5 Å². The number of morpholine rings is 1. The van der Waals surface area contributed by atoms with E-state index in [1.165, 1.54) is 0 Å². The summed E-state index contributed by atoms with van der Waals surface area (Å²) in [5, 5.41) is 6.23. The van der Waals surface area contributed by atoms with Gasteiger partial charge in [0.15, 0.2) is 0 Å². The summed E-state index contributed by atoms with van der Waals surface area (Å²) in [6.45, 7) is 2.94. The van der Waals surface area contributed by atoms with E-state index in [1.54, 1.807) is 17.1 Å². The molecular weight excluding hydrogens is 416 g/mol. The summed E-state index contributed by atoms with van der Waals surface area (Å²) in [7, 11) is -3.45. The molecule has 0 aromatic heterocycles. The van der Waals surface area contributed by atoms with Crippen LogP contribution in [0.25, 0.3) is 0 Å². The third kappa shape index (κ3) is 5.30. The molecule has 2 heterocycles. The van der Waals surface area contributed by atoms with Crippen LogP contribution in [0.4, 0.5) is 5.69 Å². The zero-order valence-corrected chi connectivity index (χ0v) is 18.2. The van der Waals surface area contributed by atoms with Gasteiger partial charge in [-0.3, -0.25) is 14.4 Å². The molecule has 2 aromatic rings. The van der Waals surface area contributed by atoms with Crippen LogP contribution in [0.2, 0.25) is 0 Å². The van der Waals surface area contributed by atoms with Gasteiger partial charge in [0.25, 0.3) is 5.91 Å². The number of hydrogen-bond acceptors (Lipinski definition) is 6. The maximum atomic E-state index is 13.2. The van der Waals surface area contributed by atoms with Gasteiger partial charge in [-0.2, -0.15) is 5.10 Å². The normalized spacial score (nSPS) is 19.8. The number of para-hydroxylation sites is 1. The highest BCUT2D eigenvalue weighted by Gasteiger charge is 2.34. The molecule has 0 radical (unpaired) electrons. The van der Waals surface area contributed by atoms with Crippen molar-refractivity contribution in [2.45, 2.75) is 12.5 Å². The molecule has 2 aromatic carbocycles. The summed E-state index contributed by atoms with van der Waals surface area (Å²) in [6.07, 6.45) is 1.62. The molecule has 4 rings (SSSR count). The Labute approximate surface area is 182 Å². The number of carbonyl (C=O) groups is 1. The van der Waals surface area contributed by atoms with Crippen molar-refractivity contribution in [1.82, 2.24) is 9.91 Å². The molecule has 0 spiro atoms. The van der Waals surface area contributed by atoms with Gasteiger partial charge in [0.1, 0.15) is 0 Å². The fourth-order valence-corrected chi connectivity index (χ4v) is 4.46. The number of benzene rings is 2. The minimum Gasteiger partial charge on any atom is -0.379 e. The van der Waals surface area contributed by atoms with Gasteiger partial charge in [-0.15, -0.1) is 0 Å². The molecule has 1 N–H and O–H groups in total. The van der Waals surface area contributed by atoms with Crippen molar-refractivity contribution in [2.75, 3.05) is 43.8 Å². The summed E-state index contributed by atoms with van der Waals surface area (Å²) in [6, 6.07) is 16.7. The molecular formula is C22H26N4O4S. The molecule has 2 aliphatic heterocycles. The Morgan fingerprint density at radius 2 is 1.77 bits per heavy atom. The van der Waals surface area contributed by atoms with Gasteiger partial charge in [0, 0.05) is 25.1 Å². The minimum absolute atomic E-state index is 0.0840. The molecule has 8 nitrogen and oxygen atoms in total. The van der Waals surface area contributed by atoms with Crippen LogP contribution in [-0.2, 0) is 19.6 Å². The topological polar surface area (TPSA) is 91.3 Å². The van der Waals surface area contributed by atoms with Crippen LogP contribution in [-0.4, -0.2) is 69.0 Å².